The summed E-state index contributed by atoms with van der Waals surface area (Å²) in [7, 11) is 1.56. The van der Waals surface area contributed by atoms with E-state index in [9.17, 15) is 9.18 Å². The van der Waals surface area contributed by atoms with Crippen LogP contribution in [0.25, 0.3) is 16.9 Å². The highest BCUT2D eigenvalue weighted by Gasteiger charge is 2.14. The summed E-state index contributed by atoms with van der Waals surface area (Å²) in [6, 6.07) is 11.5. The Labute approximate surface area is 194 Å². The number of halogens is 1. The summed E-state index contributed by atoms with van der Waals surface area (Å²) < 4.78 is 26.6. The third-order valence-electron chi connectivity index (χ3n) is 4.74. The Morgan fingerprint density at radius 1 is 1.24 bits per heavy atom. The number of carbonyl (C=O) groups excluding carboxylic acids is 1. The van der Waals surface area contributed by atoms with Gasteiger partial charge >= 0.3 is 0 Å². The molecule has 4 rings (SSSR count). The lowest BCUT2D eigenvalue weighted by Gasteiger charge is -2.11. The SMILES string of the molecule is C=CC(=O)Nc1cccc(-n2cnc3c(N)nc(Nc4ccc(OCCOC)cc4F)nc32)c1. The first kappa shape index (κ1) is 22.7. The van der Waals surface area contributed by atoms with Crippen molar-refractivity contribution in [2.75, 3.05) is 36.7 Å². The van der Waals surface area contributed by atoms with E-state index >= 15 is 0 Å². The zero-order valence-corrected chi connectivity index (χ0v) is 18.3. The van der Waals surface area contributed by atoms with E-state index in [4.69, 9.17) is 15.2 Å². The predicted molar refractivity (Wildman–Crippen MR) is 127 cm³/mol. The van der Waals surface area contributed by atoms with Crippen LogP contribution < -0.4 is 21.1 Å². The molecule has 0 saturated heterocycles. The number of nitrogen functional groups attached to an aromatic ring is 1. The molecule has 34 heavy (non-hydrogen) atoms. The second-order valence-electron chi connectivity index (χ2n) is 7.07. The van der Waals surface area contributed by atoms with Crippen LogP contribution in [0.4, 0.5) is 27.5 Å². The average Bonchev–Trinajstić information content (AvgIpc) is 3.26. The number of nitrogens with two attached hydrogens (primary N) is 1. The molecule has 0 unspecified atom stereocenters. The van der Waals surface area contributed by atoms with Crippen LogP contribution in [-0.4, -0.2) is 45.7 Å². The molecule has 0 spiro atoms. The van der Waals surface area contributed by atoms with Crippen LogP contribution in [0.5, 0.6) is 5.75 Å². The van der Waals surface area contributed by atoms with Gasteiger partial charge in [0.25, 0.3) is 0 Å². The number of methoxy groups -OCH3 is 1. The molecule has 0 atom stereocenters. The molecule has 2 aromatic carbocycles. The van der Waals surface area contributed by atoms with Gasteiger partial charge in [-0.15, -0.1) is 0 Å². The second-order valence-corrected chi connectivity index (χ2v) is 7.07. The fourth-order valence-electron chi connectivity index (χ4n) is 3.14. The number of amides is 1. The van der Waals surface area contributed by atoms with Gasteiger partial charge in [0.15, 0.2) is 17.0 Å². The van der Waals surface area contributed by atoms with Gasteiger partial charge < -0.3 is 25.8 Å². The molecule has 0 fully saturated rings. The molecule has 0 bridgehead atoms. The molecule has 4 N–H and O–H groups in total. The number of ether oxygens (including phenoxy) is 2. The Morgan fingerprint density at radius 3 is 2.85 bits per heavy atom. The third kappa shape index (κ3) is 4.94. The zero-order chi connectivity index (χ0) is 24.1. The summed E-state index contributed by atoms with van der Waals surface area (Å²) in [5.74, 6) is -0.284. The van der Waals surface area contributed by atoms with Crippen molar-refractivity contribution in [3.63, 3.8) is 0 Å². The van der Waals surface area contributed by atoms with Crippen molar-refractivity contribution in [1.29, 1.82) is 0 Å². The number of imidazole rings is 1. The van der Waals surface area contributed by atoms with E-state index in [2.05, 4.69) is 32.2 Å². The topological polar surface area (TPSA) is 129 Å². The number of carbonyl (C=O) groups is 1. The minimum Gasteiger partial charge on any atom is -0.491 e. The summed E-state index contributed by atoms with van der Waals surface area (Å²) in [6.07, 6.45) is 2.73. The molecule has 10 nitrogen and oxygen atoms in total. The van der Waals surface area contributed by atoms with E-state index in [0.717, 1.165) is 0 Å². The largest absolute Gasteiger partial charge is 0.491 e. The second kappa shape index (κ2) is 9.96. The van der Waals surface area contributed by atoms with E-state index in [1.165, 1.54) is 18.2 Å². The standard InChI is InChI=1S/C23H22FN7O3/c1-3-19(32)27-14-5-4-6-15(11-14)31-13-26-20-21(25)29-23(30-22(20)31)28-18-8-7-16(12-17(18)24)34-10-9-33-2/h3-8,11-13H,1,9-10H2,2H3,(H,27,32)(H3,25,28,29,30). The smallest absolute Gasteiger partial charge is 0.247 e. The summed E-state index contributed by atoms with van der Waals surface area (Å²) >= 11 is 0. The van der Waals surface area contributed by atoms with Crippen LogP contribution in [-0.2, 0) is 9.53 Å². The van der Waals surface area contributed by atoms with Gasteiger partial charge in [0.2, 0.25) is 11.9 Å². The van der Waals surface area contributed by atoms with E-state index in [-0.39, 0.29) is 23.4 Å². The molecule has 174 valence electrons. The number of hydrogen-bond donors (Lipinski definition) is 3. The fraction of sp³-hybridized carbons (Fsp3) is 0.130. The van der Waals surface area contributed by atoms with E-state index in [1.807, 2.05) is 6.07 Å². The predicted octanol–water partition coefficient (Wildman–Crippen LogP) is 3.43. The van der Waals surface area contributed by atoms with Gasteiger partial charge in [-0.2, -0.15) is 9.97 Å². The first-order valence-electron chi connectivity index (χ1n) is 10.2. The average molecular weight is 463 g/mol. The molecule has 0 radical (unpaired) electrons. The van der Waals surface area contributed by atoms with Crippen molar-refractivity contribution in [2.24, 2.45) is 0 Å². The van der Waals surface area contributed by atoms with Gasteiger partial charge in [0, 0.05) is 18.9 Å². The van der Waals surface area contributed by atoms with Crippen LogP contribution >= 0.6 is 0 Å². The Hall–Kier alpha value is -4.51. The van der Waals surface area contributed by atoms with Crippen LogP contribution in [0.15, 0.2) is 61.4 Å². The molecular weight excluding hydrogens is 441 g/mol. The van der Waals surface area contributed by atoms with Gasteiger partial charge in [-0.1, -0.05) is 12.6 Å². The minimum atomic E-state index is -0.545. The Balaban J connectivity index is 1.63. The van der Waals surface area contributed by atoms with Crippen LogP contribution in [0.3, 0.4) is 0 Å². The minimum absolute atomic E-state index is 0.0924. The highest BCUT2D eigenvalue weighted by molar-refractivity contribution is 5.99. The monoisotopic (exact) mass is 463 g/mol. The lowest BCUT2D eigenvalue weighted by molar-refractivity contribution is -0.111. The van der Waals surface area contributed by atoms with E-state index in [0.29, 0.717) is 41.5 Å². The number of nitrogens with one attached hydrogen (secondary N) is 2. The Morgan fingerprint density at radius 2 is 2.09 bits per heavy atom. The molecular formula is C23H22FN7O3. The van der Waals surface area contributed by atoms with Gasteiger partial charge in [-0.3, -0.25) is 9.36 Å². The summed E-state index contributed by atoms with van der Waals surface area (Å²) in [5, 5.41) is 5.55. The number of anilines is 4. The van der Waals surface area contributed by atoms with Gasteiger partial charge in [-0.25, -0.2) is 9.37 Å². The zero-order valence-electron chi connectivity index (χ0n) is 18.3. The lowest BCUT2D eigenvalue weighted by atomic mass is 10.2. The number of fused-ring (bicyclic) bond motifs is 1. The normalized spacial score (nSPS) is 10.8. The van der Waals surface area contributed by atoms with Crippen molar-refractivity contribution < 1.29 is 18.7 Å². The van der Waals surface area contributed by atoms with Crippen LogP contribution in [0.2, 0.25) is 0 Å². The molecule has 0 aliphatic rings. The molecule has 11 heteroatoms. The van der Waals surface area contributed by atoms with Crippen molar-refractivity contribution in [1.82, 2.24) is 19.5 Å². The number of aromatic nitrogens is 4. The van der Waals surface area contributed by atoms with E-state index < -0.39 is 5.82 Å². The summed E-state index contributed by atoms with van der Waals surface area (Å²) in [5.41, 5.74) is 8.27. The van der Waals surface area contributed by atoms with Gasteiger partial charge in [0.1, 0.15) is 24.5 Å². The van der Waals surface area contributed by atoms with Crippen LogP contribution in [0, 0.1) is 5.82 Å². The summed E-state index contributed by atoms with van der Waals surface area (Å²) in [4.78, 5) is 24.6. The Kier molecular flexibility index (Phi) is 6.64. The number of hydrogen-bond acceptors (Lipinski definition) is 8. The highest BCUT2D eigenvalue weighted by Crippen LogP contribution is 2.26. The number of benzene rings is 2. The maximum atomic E-state index is 14.6. The van der Waals surface area contributed by atoms with Crippen LogP contribution in [0.1, 0.15) is 0 Å². The Bertz CT molecular complexity index is 1360. The van der Waals surface area contributed by atoms with Gasteiger partial charge in [0.05, 0.1) is 18.0 Å². The molecule has 2 aromatic heterocycles. The number of rotatable bonds is 9. The fourth-order valence-corrected chi connectivity index (χ4v) is 3.14. The maximum Gasteiger partial charge on any atom is 0.247 e. The quantitative estimate of drug-likeness (QED) is 0.254. The molecule has 0 saturated carbocycles. The lowest BCUT2D eigenvalue weighted by Crippen LogP contribution is -2.08. The number of nitrogens with zero attached hydrogens (tertiary/aromatic N) is 4. The van der Waals surface area contributed by atoms with Crippen molar-refractivity contribution in [3.05, 3.63) is 67.3 Å². The van der Waals surface area contributed by atoms with Crippen molar-refractivity contribution in [2.45, 2.75) is 0 Å². The highest BCUT2D eigenvalue weighted by atomic mass is 19.1. The molecule has 0 aliphatic carbocycles. The maximum absolute atomic E-state index is 14.6. The molecule has 2 heterocycles. The van der Waals surface area contributed by atoms with E-state index in [1.54, 1.807) is 42.3 Å². The first-order valence-corrected chi connectivity index (χ1v) is 10.2. The van der Waals surface area contributed by atoms with Gasteiger partial charge in [-0.05, 0) is 36.4 Å². The molecule has 0 aliphatic heterocycles. The summed E-state index contributed by atoms with van der Waals surface area (Å²) in [6.45, 7) is 4.15. The first-order chi connectivity index (χ1) is 16.5. The third-order valence-corrected chi connectivity index (χ3v) is 4.74. The van der Waals surface area contributed by atoms with Crippen molar-refractivity contribution in [3.8, 4) is 11.4 Å². The molecule has 1 amide bonds. The van der Waals surface area contributed by atoms with Crippen molar-refractivity contribution >= 4 is 40.2 Å². The molecule has 4 aromatic rings.